The highest BCUT2D eigenvalue weighted by Crippen LogP contribution is 2.49. The van der Waals surface area contributed by atoms with Crippen molar-refractivity contribution in [1.82, 2.24) is 0 Å². The number of aliphatic hydroxyl groups excluding tert-OH is 1. The zero-order valence-corrected chi connectivity index (χ0v) is 34.6. The van der Waals surface area contributed by atoms with Gasteiger partial charge in [0.25, 0.3) is 0 Å². The van der Waals surface area contributed by atoms with Gasteiger partial charge in [-0.2, -0.15) is 0 Å². The van der Waals surface area contributed by atoms with Crippen molar-refractivity contribution in [1.29, 1.82) is 0 Å². The highest BCUT2D eigenvalue weighted by molar-refractivity contribution is 7.39. The van der Waals surface area contributed by atoms with Crippen LogP contribution in [0.4, 0.5) is 0 Å². The Morgan fingerprint density at radius 3 is 1.34 bits per heavy atom. The first-order valence-corrected chi connectivity index (χ1v) is 20.3. The van der Waals surface area contributed by atoms with Gasteiger partial charge in [0.05, 0.1) is 25.2 Å². The predicted molar refractivity (Wildman–Crippen MR) is 215 cm³/mol. The molecule has 0 aliphatic heterocycles. The van der Waals surface area contributed by atoms with Crippen LogP contribution < -0.4 is 4.74 Å². The van der Waals surface area contributed by atoms with Gasteiger partial charge in [0, 0.05) is 10.8 Å². The number of aliphatic hydroxyl groups is 1. The third kappa shape index (κ3) is 10.1. The van der Waals surface area contributed by atoms with E-state index in [0.29, 0.717) is 5.75 Å². The summed E-state index contributed by atoms with van der Waals surface area (Å²) >= 11 is 0. The molecule has 4 aromatic carbocycles. The fourth-order valence-electron chi connectivity index (χ4n) is 6.86. The van der Waals surface area contributed by atoms with Gasteiger partial charge in [-0.15, -0.1) is 0 Å². The van der Waals surface area contributed by atoms with E-state index in [9.17, 15) is 24.7 Å². The first kappa shape index (κ1) is 43.0. The summed E-state index contributed by atoms with van der Waals surface area (Å²) in [5, 5.41) is 11.3. The van der Waals surface area contributed by atoms with E-state index in [0.717, 1.165) is 33.4 Å². The maximum Gasteiger partial charge on any atom is 0.327 e. The van der Waals surface area contributed by atoms with Crippen LogP contribution in [0.3, 0.4) is 0 Å². The molecular formula is C43H58O8P2. The highest BCUT2D eigenvalue weighted by atomic mass is 31.2. The second-order valence-corrected chi connectivity index (χ2v) is 18.6. The number of hydrogen-bond acceptors (Lipinski definition) is 8. The monoisotopic (exact) mass is 764 g/mol. The first-order valence-electron chi connectivity index (χ1n) is 17.9. The number of benzene rings is 4. The Labute approximate surface area is 318 Å². The van der Waals surface area contributed by atoms with Crippen LogP contribution >= 0.6 is 17.2 Å². The Morgan fingerprint density at radius 1 is 0.528 bits per heavy atom. The van der Waals surface area contributed by atoms with Crippen molar-refractivity contribution >= 4 is 17.2 Å². The van der Waals surface area contributed by atoms with Crippen LogP contribution in [-0.2, 0) is 30.7 Å². The third-order valence-electron chi connectivity index (χ3n) is 10.4. The molecule has 10 heteroatoms. The molecule has 4 aromatic rings. The van der Waals surface area contributed by atoms with E-state index in [1.54, 1.807) is 0 Å². The zero-order valence-electron chi connectivity index (χ0n) is 32.8. The Hall–Kier alpha value is -2.74. The summed E-state index contributed by atoms with van der Waals surface area (Å²) < 4.78 is 18.1. The maximum absolute atomic E-state index is 11.3. The molecule has 0 radical (unpaired) electrons. The van der Waals surface area contributed by atoms with E-state index in [2.05, 4.69) is 118 Å². The van der Waals surface area contributed by atoms with Crippen molar-refractivity contribution in [3.05, 3.63) is 136 Å². The lowest BCUT2D eigenvalue weighted by molar-refractivity contribution is -0.0664. The molecule has 0 heterocycles. The first-order chi connectivity index (χ1) is 24.6. The molecule has 288 valence electrons. The van der Waals surface area contributed by atoms with Crippen LogP contribution in [0.2, 0.25) is 0 Å². The molecule has 0 aliphatic rings. The van der Waals surface area contributed by atoms with Crippen LogP contribution in [0.1, 0.15) is 114 Å². The summed E-state index contributed by atoms with van der Waals surface area (Å²) in [6, 6.07) is 33.0. The SMILES string of the molecule is CC(C)(C)c1cc(C(C)(C)c2ccccc2)ccc1OC(c1ccc(C(C)(C)c2ccccc2)cc1C(C)(C)C)C(CO)(COP(O)O)COP(O)O. The van der Waals surface area contributed by atoms with Crippen molar-refractivity contribution < 1.29 is 38.5 Å². The summed E-state index contributed by atoms with van der Waals surface area (Å²) in [7, 11) is -5.66. The molecular weight excluding hydrogens is 706 g/mol. The minimum absolute atomic E-state index is 0.324. The van der Waals surface area contributed by atoms with E-state index < -0.39 is 54.0 Å². The second-order valence-electron chi connectivity index (χ2n) is 17.1. The Kier molecular flexibility index (Phi) is 13.8. The topological polar surface area (TPSA) is 129 Å². The summed E-state index contributed by atoms with van der Waals surface area (Å²) in [6.07, 6.45) is -1.02. The molecule has 0 spiro atoms. The van der Waals surface area contributed by atoms with E-state index in [4.69, 9.17) is 13.8 Å². The van der Waals surface area contributed by atoms with Gasteiger partial charge in [0.1, 0.15) is 11.9 Å². The minimum Gasteiger partial charge on any atom is -0.485 e. The van der Waals surface area contributed by atoms with E-state index in [1.165, 1.54) is 5.56 Å². The average molecular weight is 765 g/mol. The number of rotatable bonds is 15. The molecule has 0 fully saturated rings. The van der Waals surface area contributed by atoms with Crippen molar-refractivity contribution in [3.8, 4) is 5.75 Å². The molecule has 0 amide bonds. The van der Waals surface area contributed by atoms with Crippen LogP contribution in [-0.4, -0.2) is 44.5 Å². The second kappa shape index (κ2) is 17.0. The van der Waals surface area contributed by atoms with Crippen molar-refractivity contribution in [3.63, 3.8) is 0 Å². The zero-order chi connectivity index (χ0) is 39.4. The van der Waals surface area contributed by atoms with Crippen molar-refractivity contribution in [2.45, 2.75) is 97.0 Å². The molecule has 1 unspecified atom stereocenters. The highest BCUT2D eigenvalue weighted by Gasteiger charge is 2.46. The van der Waals surface area contributed by atoms with Crippen LogP contribution in [0.25, 0.3) is 0 Å². The van der Waals surface area contributed by atoms with Gasteiger partial charge in [0.15, 0.2) is 0 Å². The van der Waals surface area contributed by atoms with Crippen LogP contribution in [0.5, 0.6) is 5.75 Å². The average Bonchev–Trinajstić information content (AvgIpc) is 3.10. The summed E-state index contributed by atoms with van der Waals surface area (Å²) in [5.74, 6) is 0.562. The quantitative estimate of drug-likeness (QED) is 0.0758. The molecule has 0 bridgehead atoms. The molecule has 4 rings (SSSR count). The van der Waals surface area contributed by atoms with Gasteiger partial charge in [-0.1, -0.05) is 160 Å². The fraction of sp³-hybridized carbons (Fsp3) is 0.442. The van der Waals surface area contributed by atoms with Gasteiger partial charge in [-0.05, 0) is 55.8 Å². The lowest BCUT2D eigenvalue weighted by atomic mass is 9.71. The van der Waals surface area contributed by atoms with Gasteiger partial charge < -0.3 is 38.5 Å². The van der Waals surface area contributed by atoms with E-state index in [-0.39, 0.29) is 16.2 Å². The standard InChI is InChI=1S/C43H58O8P2/c1-39(2,3)35-25-32(41(7,8)30-17-13-11-14-18-30)21-23-34(35)38(43(27-44,28-49-52(45)46)29-50-53(47)48)51-37-24-22-33(26-36(37)40(4,5)6)42(9,10)31-19-15-12-16-20-31/h11-26,38,44-48H,27-29H2,1-10H3. The van der Waals surface area contributed by atoms with Crippen molar-refractivity contribution in [2.24, 2.45) is 5.41 Å². The summed E-state index contributed by atoms with van der Waals surface area (Å²) in [4.78, 5) is 39.8. The Balaban J connectivity index is 2.01. The van der Waals surface area contributed by atoms with Gasteiger partial charge in [-0.3, -0.25) is 0 Å². The van der Waals surface area contributed by atoms with Gasteiger partial charge >= 0.3 is 17.2 Å². The van der Waals surface area contributed by atoms with Crippen molar-refractivity contribution in [2.75, 3.05) is 19.8 Å². The lowest BCUT2D eigenvalue weighted by Crippen LogP contribution is -2.44. The molecule has 8 nitrogen and oxygen atoms in total. The molecule has 1 atom stereocenters. The van der Waals surface area contributed by atoms with Crippen LogP contribution in [0.15, 0.2) is 97.1 Å². The van der Waals surface area contributed by atoms with Gasteiger partial charge in [0.2, 0.25) is 0 Å². The molecule has 0 saturated heterocycles. The number of hydrogen-bond donors (Lipinski definition) is 5. The van der Waals surface area contributed by atoms with Gasteiger partial charge in [-0.25, -0.2) is 0 Å². The normalized spacial score (nSPS) is 13.8. The molecule has 0 aromatic heterocycles. The largest absolute Gasteiger partial charge is 0.485 e. The predicted octanol–water partition coefficient (Wildman–Crippen LogP) is 9.49. The summed E-state index contributed by atoms with van der Waals surface area (Å²) in [6.45, 7) is 20.0. The summed E-state index contributed by atoms with van der Waals surface area (Å²) in [5.41, 5.74) is 4.06. The molecule has 5 N–H and O–H groups in total. The Morgan fingerprint density at radius 2 is 0.943 bits per heavy atom. The fourth-order valence-corrected chi connectivity index (χ4v) is 7.60. The molecule has 0 aliphatic carbocycles. The smallest absolute Gasteiger partial charge is 0.327 e. The number of ether oxygens (including phenoxy) is 1. The molecule has 53 heavy (non-hydrogen) atoms. The van der Waals surface area contributed by atoms with Crippen LogP contribution in [0, 0.1) is 5.41 Å². The Bertz CT molecular complexity index is 1770. The van der Waals surface area contributed by atoms with E-state index in [1.807, 2.05) is 48.5 Å². The lowest BCUT2D eigenvalue weighted by Gasteiger charge is -2.42. The molecule has 0 saturated carbocycles. The third-order valence-corrected chi connectivity index (χ3v) is 11.1. The van der Waals surface area contributed by atoms with E-state index >= 15 is 0 Å². The minimum atomic E-state index is -2.83. The maximum atomic E-state index is 11.3.